The molecule has 0 aromatic carbocycles. The molecule has 0 radical (unpaired) electrons. The number of methoxy groups -OCH3 is 1. The van der Waals surface area contributed by atoms with Gasteiger partial charge in [0.15, 0.2) is 5.71 Å². The van der Waals surface area contributed by atoms with Crippen molar-refractivity contribution in [3.05, 3.63) is 0 Å². The molecule has 1 atom stereocenters. The molecule has 1 unspecified atom stereocenters. The number of carbonyl (C=O) groups is 1. The summed E-state index contributed by atoms with van der Waals surface area (Å²) in [4.78, 5) is 15.6. The summed E-state index contributed by atoms with van der Waals surface area (Å²) in [5.74, 6) is -0.490. The zero-order valence-electron chi connectivity index (χ0n) is 6.61. The largest absolute Gasteiger partial charge is 0.464 e. The van der Waals surface area contributed by atoms with Gasteiger partial charge in [-0.15, -0.1) is 0 Å². The molecule has 0 aliphatic carbocycles. The number of nitriles is 1. The van der Waals surface area contributed by atoms with Crippen molar-refractivity contribution >= 4 is 11.7 Å². The molecule has 1 aliphatic rings. The number of carbonyl (C=O) groups excluding carboxylic acids is 1. The van der Waals surface area contributed by atoms with Crippen LogP contribution in [0.5, 0.6) is 0 Å². The summed E-state index contributed by atoms with van der Waals surface area (Å²) < 4.78 is 4.43. The summed E-state index contributed by atoms with van der Waals surface area (Å²) in [5.41, 5.74) is 0.248. The molecule has 5 nitrogen and oxygen atoms in total. The first kappa shape index (κ1) is 8.53. The van der Waals surface area contributed by atoms with Crippen LogP contribution in [0.3, 0.4) is 0 Å². The molecule has 0 saturated carbocycles. The van der Waals surface area contributed by atoms with Gasteiger partial charge in [0.25, 0.3) is 0 Å². The Kier molecular flexibility index (Phi) is 2.64. The minimum Gasteiger partial charge on any atom is -0.464 e. The fourth-order valence-electron chi connectivity index (χ4n) is 0.878. The normalized spacial score (nSPS) is 20.7. The van der Waals surface area contributed by atoms with Crippen LogP contribution in [0.2, 0.25) is 0 Å². The third-order valence-corrected chi connectivity index (χ3v) is 1.47. The number of ether oxygens (including phenoxy) is 1. The van der Waals surface area contributed by atoms with Crippen molar-refractivity contribution in [2.45, 2.75) is 18.9 Å². The molecular weight excluding hydrogens is 160 g/mol. The van der Waals surface area contributed by atoms with Crippen LogP contribution in [0.4, 0.5) is 0 Å². The molecule has 12 heavy (non-hydrogen) atoms. The third kappa shape index (κ3) is 1.72. The first-order valence-corrected chi connectivity index (χ1v) is 3.46. The van der Waals surface area contributed by atoms with E-state index in [2.05, 4.69) is 9.89 Å². The van der Waals surface area contributed by atoms with Gasteiger partial charge in [0, 0.05) is 6.42 Å². The summed E-state index contributed by atoms with van der Waals surface area (Å²) in [5, 5.41) is 11.8. The fraction of sp³-hybridized carbons (Fsp3) is 0.571. The van der Waals surface area contributed by atoms with Gasteiger partial charge in [-0.1, -0.05) is 5.16 Å². The van der Waals surface area contributed by atoms with Crippen molar-refractivity contribution in [2.75, 3.05) is 7.11 Å². The molecule has 1 heterocycles. The van der Waals surface area contributed by atoms with Gasteiger partial charge in [0.2, 0.25) is 0 Å². The second kappa shape index (κ2) is 3.72. The molecule has 1 rings (SSSR count). The van der Waals surface area contributed by atoms with Crippen molar-refractivity contribution in [1.29, 1.82) is 5.26 Å². The number of oxime groups is 1. The van der Waals surface area contributed by atoms with Crippen LogP contribution in [-0.4, -0.2) is 24.9 Å². The maximum Gasteiger partial charge on any atom is 0.355 e. The Morgan fingerprint density at radius 1 is 2.00 bits per heavy atom. The number of hydrogen-bond acceptors (Lipinski definition) is 5. The lowest BCUT2D eigenvalue weighted by Crippen LogP contribution is -2.16. The van der Waals surface area contributed by atoms with E-state index < -0.39 is 5.97 Å². The van der Waals surface area contributed by atoms with Crippen LogP contribution in [0.1, 0.15) is 12.8 Å². The molecule has 0 bridgehead atoms. The first-order chi connectivity index (χ1) is 5.77. The Morgan fingerprint density at radius 2 is 2.75 bits per heavy atom. The van der Waals surface area contributed by atoms with Gasteiger partial charge in [0.1, 0.15) is 6.10 Å². The topological polar surface area (TPSA) is 71.7 Å². The summed E-state index contributed by atoms with van der Waals surface area (Å²) in [7, 11) is 1.28. The maximum absolute atomic E-state index is 10.8. The summed E-state index contributed by atoms with van der Waals surface area (Å²) in [6, 6.07) is 1.94. The van der Waals surface area contributed by atoms with Gasteiger partial charge in [-0.2, -0.15) is 5.26 Å². The highest BCUT2D eigenvalue weighted by atomic mass is 16.6. The van der Waals surface area contributed by atoms with E-state index in [0.29, 0.717) is 6.42 Å². The maximum atomic E-state index is 10.8. The number of hydrogen-bond donors (Lipinski definition) is 0. The minimum absolute atomic E-state index is 0.240. The number of esters is 1. The zero-order chi connectivity index (χ0) is 8.97. The molecule has 0 aromatic heterocycles. The van der Waals surface area contributed by atoms with E-state index in [-0.39, 0.29) is 18.2 Å². The Morgan fingerprint density at radius 3 is 3.33 bits per heavy atom. The zero-order valence-corrected chi connectivity index (χ0v) is 6.61. The summed E-state index contributed by atoms with van der Waals surface area (Å²) >= 11 is 0. The average molecular weight is 168 g/mol. The Bertz CT molecular complexity index is 254. The van der Waals surface area contributed by atoms with Crippen LogP contribution in [0, 0.1) is 11.3 Å². The highest BCUT2D eigenvalue weighted by Crippen LogP contribution is 2.13. The van der Waals surface area contributed by atoms with E-state index >= 15 is 0 Å². The molecular formula is C7H8N2O3. The SMILES string of the molecule is COC(=O)C1=NOC(CC#N)C1. The molecule has 0 aromatic rings. The Labute approximate surface area is 69.6 Å². The smallest absolute Gasteiger partial charge is 0.355 e. The minimum atomic E-state index is -0.490. The van der Waals surface area contributed by atoms with Crippen molar-refractivity contribution in [1.82, 2.24) is 0 Å². The first-order valence-electron chi connectivity index (χ1n) is 3.46. The molecule has 0 amide bonds. The lowest BCUT2D eigenvalue weighted by Gasteiger charge is -1.99. The van der Waals surface area contributed by atoms with Crippen LogP contribution in [0.25, 0.3) is 0 Å². The van der Waals surface area contributed by atoms with E-state index in [1.165, 1.54) is 7.11 Å². The average Bonchev–Trinajstić information content (AvgIpc) is 2.52. The number of rotatable bonds is 2. The van der Waals surface area contributed by atoms with Crippen LogP contribution >= 0.6 is 0 Å². The number of nitrogens with zero attached hydrogens (tertiary/aromatic N) is 2. The quantitative estimate of drug-likeness (QED) is 0.553. The second-order valence-corrected chi connectivity index (χ2v) is 2.32. The predicted octanol–water partition coefficient (Wildman–Crippen LogP) is 0.218. The van der Waals surface area contributed by atoms with E-state index in [9.17, 15) is 4.79 Å². The van der Waals surface area contributed by atoms with Gasteiger partial charge in [0.05, 0.1) is 19.6 Å². The Balaban J connectivity index is 2.44. The second-order valence-electron chi connectivity index (χ2n) is 2.32. The third-order valence-electron chi connectivity index (χ3n) is 1.47. The van der Waals surface area contributed by atoms with E-state index in [0.717, 1.165) is 0 Å². The van der Waals surface area contributed by atoms with Gasteiger partial charge in [-0.25, -0.2) is 4.79 Å². The Hall–Kier alpha value is -1.57. The molecule has 0 saturated heterocycles. The molecule has 1 aliphatic heterocycles. The van der Waals surface area contributed by atoms with Gasteiger partial charge >= 0.3 is 5.97 Å². The van der Waals surface area contributed by atoms with Gasteiger partial charge in [-0.3, -0.25) is 0 Å². The van der Waals surface area contributed by atoms with Crippen molar-refractivity contribution in [2.24, 2.45) is 5.16 Å². The molecule has 0 spiro atoms. The standard InChI is InChI=1S/C7H8N2O3/c1-11-7(10)6-4-5(2-3-8)12-9-6/h5H,2,4H2,1H3. The van der Waals surface area contributed by atoms with Crippen molar-refractivity contribution in [3.8, 4) is 6.07 Å². The summed E-state index contributed by atoms with van der Waals surface area (Å²) in [6.45, 7) is 0. The monoisotopic (exact) mass is 168 g/mol. The van der Waals surface area contributed by atoms with Crippen LogP contribution < -0.4 is 0 Å². The van der Waals surface area contributed by atoms with Crippen molar-refractivity contribution < 1.29 is 14.4 Å². The van der Waals surface area contributed by atoms with E-state index in [4.69, 9.17) is 10.1 Å². The van der Waals surface area contributed by atoms with Crippen molar-refractivity contribution in [3.63, 3.8) is 0 Å². The lowest BCUT2D eigenvalue weighted by molar-refractivity contribution is -0.132. The van der Waals surface area contributed by atoms with Crippen LogP contribution in [-0.2, 0) is 14.4 Å². The van der Waals surface area contributed by atoms with E-state index in [1.807, 2.05) is 6.07 Å². The van der Waals surface area contributed by atoms with Gasteiger partial charge < -0.3 is 9.57 Å². The molecule has 0 N–H and O–H groups in total. The lowest BCUT2D eigenvalue weighted by atomic mass is 10.1. The van der Waals surface area contributed by atoms with E-state index in [1.54, 1.807) is 0 Å². The molecule has 0 fully saturated rings. The van der Waals surface area contributed by atoms with Gasteiger partial charge in [-0.05, 0) is 0 Å². The highest BCUT2D eigenvalue weighted by Gasteiger charge is 2.26. The van der Waals surface area contributed by atoms with Crippen LogP contribution in [0.15, 0.2) is 5.16 Å². The summed E-state index contributed by atoms with van der Waals surface area (Å²) in [6.07, 6.45) is 0.314. The highest BCUT2D eigenvalue weighted by molar-refractivity contribution is 6.36. The predicted molar refractivity (Wildman–Crippen MR) is 39.2 cm³/mol. The molecule has 64 valence electrons. The molecule has 5 heteroatoms. The fourth-order valence-corrected chi connectivity index (χ4v) is 0.878.